The summed E-state index contributed by atoms with van der Waals surface area (Å²) in [4.78, 5) is 3.77. The van der Waals surface area contributed by atoms with Gasteiger partial charge in [0.25, 0.3) is 0 Å². The number of alkyl halides is 3. The standard InChI is InChI=1S/C20H17ClF3IN2O/c1-11-3-2-4-14-15(8-18(20(22,23)24)27-19(11)14)17(28)10-26-9-12-7-13(21)5-6-16(12)25/h2-8,17,26,28H,9-10H2,1H3. The number of aromatic nitrogens is 1. The zero-order chi connectivity index (χ0) is 20.5. The SMILES string of the molecule is Cc1cccc2c(C(O)CNCc3cc(Cl)ccc3I)cc(C(F)(F)F)nc12. The molecule has 3 rings (SSSR count). The highest BCUT2D eigenvalue weighted by atomic mass is 127. The Bertz CT molecular complexity index is 1010. The van der Waals surface area contributed by atoms with Crippen LogP contribution in [0.25, 0.3) is 10.9 Å². The predicted octanol–water partition coefficient (Wildman–Crippen LogP) is 5.64. The van der Waals surface area contributed by atoms with E-state index in [9.17, 15) is 18.3 Å². The minimum absolute atomic E-state index is 0.0902. The number of nitrogens with zero attached hydrogens (tertiary/aromatic N) is 1. The van der Waals surface area contributed by atoms with Gasteiger partial charge in [0.2, 0.25) is 0 Å². The van der Waals surface area contributed by atoms with Crippen LogP contribution in [0.1, 0.15) is 28.5 Å². The van der Waals surface area contributed by atoms with Crippen molar-refractivity contribution < 1.29 is 18.3 Å². The van der Waals surface area contributed by atoms with E-state index in [1.54, 1.807) is 31.2 Å². The van der Waals surface area contributed by atoms with Crippen molar-refractivity contribution in [1.29, 1.82) is 0 Å². The fourth-order valence-electron chi connectivity index (χ4n) is 2.97. The largest absolute Gasteiger partial charge is 0.433 e. The first-order chi connectivity index (χ1) is 13.2. The Morgan fingerprint density at radius 2 is 1.96 bits per heavy atom. The lowest BCUT2D eigenvalue weighted by Crippen LogP contribution is -2.22. The lowest BCUT2D eigenvalue weighted by Gasteiger charge is -2.18. The number of hydrogen-bond acceptors (Lipinski definition) is 3. The van der Waals surface area contributed by atoms with Gasteiger partial charge in [-0.05, 0) is 70.5 Å². The summed E-state index contributed by atoms with van der Waals surface area (Å²) in [6, 6.07) is 11.5. The summed E-state index contributed by atoms with van der Waals surface area (Å²) in [5.74, 6) is 0. The molecule has 3 nitrogen and oxygen atoms in total. The lowest BCUT2D eigenvalue weighted by atomic mass is 10.00. The van der Waals surface area contributed by atoms with E-state index in [1.165, 1.54) is 0 Å². The molecule has 1 atom stereocenters. The smallest absolute Gasteiger partial charge is 0.387 e. The molecule has 0 saturated heterocycles. The number of pyridine rings is 1. The van der Waals surface area contributed by atoms with E-state index < -0.39 is 18.0 Å². The summed E-state index contributed by atoms with van der Waals surface area (Å²) in [5.41, 5.74) is 1.02. The molecule has 0 fully saturated rings. The van der Waals surface area contributed by atoms with Gasteiger partial charge in [-0.25, -0.2) is 4.98 Å². The molecule has 0 aliphatic rings. The van der Waals surface area contributed by atoms with E-state index in [-0.39, 0.29) is 17.6 Å². The normalized spacial score (nSPS) is 13.1. The first-order valence-electron chi connectivity index (χ1n) is 8.47. The first-order valence-corrected chi connectivity index (χ1v) is 9.92. The summed E-state index contributed by atoms with van der Waals surface area (Å²) in [6.07, 6.45) is -5.71. The van der Waals surface area contributed by atoms with Crippen molar-refractivity contribution in [2.45, 2.75) is 25.7 Å². The molecule has 0 amide bonds. The molecular formula is C20H17ClF3IN2O. The Hall–Kier alpha value is -1.42. The van der Waals surface area contributed by atoms with Gasteiger partial charge in [0.1, 0.15) is 5.69 Å². The van der Waals surface area contributed by atoms with Crippen molar-refractivity contribution in [1.82, 2.24) is 10.3 Å². The molecule has 1 aromatic heterocycles. The number of nitrogens with one attached hydrogen (secondary N) is 1. The Morgan fingerprint density at radius 3 is 2.68 bits per heavy atom. The molecule has 3 aromatic rings. The monoisotopic (exact) mass is 520 g/mol. The summed E-state index contributed by atoms with van der Waals surface area (Å²) < 4.78 is 40.8. The van der Waals surface area contributed by atoms with Gasteiger partial charge in [-0.3, -0.25) is 0 Å². The highest BCUT2D eigenvalue weighted by Gasteiger charge is 2.34. The van der Waals surface area contributed by atoms with Crippen LogP contribution in [0, 0.1) is 10.5 Å². The van der Waals surface area contributed by atoms with Crippen LogP contribution in [0.5, 0.6) is 0 Å². The van der Waals surface area contributed by atoms with Gasteiger partial charge >= 0.3 is 6.18 Å². The van der Waals surface area contributed by atoms with E-state index in [2.05, 4.69) is 32.9 Å². The zero-order valence-electron chi connectivity index (χ0n) is 14.8. The lowest BCUT2D eigenvalue weighted by molar-refractivity contribution is -0.141. The fraction of sp³-hybridized carbons (Fsp3) is 0.250. The van der Waals surface area contributed by atoms with Gasteiger partial charge in [-0.15, -0.1) is 0 Å². The first kappa shape index (κ1) is 21.3. The molecule has 0 radical (unpaired) electrons. The van der Waals surface area contributed by atoms with Crippen LogP contribution in [0.3, 0.4) is 0 Å². The Kier molecular flexibility index (Phi) is 6.48. The van der Waals surface area contributed by atoms with Gasteiger partial charge in [-0.2, -0.15) is 13.2 Å². The Balaban J connectivity index is 1.87. The van der Waals surface area contributed by atoms with Crippen LogP contribution in [-0.2, 0) is 12.7 Å². The van der Waals surface area contributed by atoms with Crippen molar-refractivity contribution in [2.75, 3.05) is 6.54 Å². The molecule has 0 aliphatic heterocycles. The molecule has 0 spiro atoms. The van der Waals surface area contributed by atoms with Gasteiger partial charge < -0.3 is 10.4 Å². The van der Waals surface area contributed by atoms with Gasteiger partial charge in [0.15, 0.2) is 0 Å². The number of aliphatic hydroxyl groups is 1. The molecule has 28 heavy (non-hydrogen) atoms. The number of aryl methyl sites for hydroxylation is 1. The van der Waals surface area contributed by atoms with Crippen LogP contribution in [-0.4, -0.2) is 16.6 Å². The second-order valence-electron chi connectivity index (χ2n) is 6.45. The molecule has 8 heteroatoms. The van der Waals surface area contributed by atoms with E-state index in [1.807, 2.05) is 12.1 Å². The molecule has 2 N–H and O–H groups in total. The number of para-hydroxylation sites is 1. The molecule has 0 bridgehead atoms. The maximum Gasteiger partial charge on any atom is 0.433 e. The summed E-state index contributed by atoms with van der Waals surface area (Å²) >= 11 is 8.18. The number of hydrogen-bond donors (Lipinski definition) is 2. The minimum atomic E-state index is -4.59. The van der Waals surface area contributed by atoms with E-state index in [0.717, 1.165) is 15.2 Å². The maximum absolute atomic E-state index is 13.3. The van der Waals surface area contributed by atoms with Crippen molar-refractivity contribution in [3.8, 4) is 0 Å². The highest BCUT2D eigenvalue weighted by molar-refractivity contribution is 14.1. The predicted molar refractivity (Wildman–Crippen MR) is 112 cm³/mol. The third-order valence-corrected chi connectivity index (χ3v) is 5.67. The second-order valence-corrected chi connectivity index (χ2v) is 8.05. The van der Waals surface area contributed by atoms with E-state index in [0.29, 0.717) is 22.5 Å². The number of aliphatic hydroxyl groups excluding tert-OH is 1. The summed E-state index contributed by atoms with van der Waals surface area (Å²) in [7, 11) is 0. The number of halogens is 5. The molecule has 148 valence electrons. The van der Waals surface area contributed by atoms with Crippen LogP contribution >= 0.6 is 34.2 Å². The molecule has 0 saturated carbocycles. The van der Waals surface area contributed by atoms with E-state index in [4.69, 9.17) is 11.6 Å². The van der Waals surface area contributed by atoms with E-state index >= 15 is 0 Å². The van der Waals surface area contributed by atoms with Crippen LogP contribution < -0.4 is 5.32 Å². The van der Waals surface area contributed by atoms with Gasteiger partial charge in [0.05, 0.1) is 11.6 Å². The summed E-state index contributed by atoms with van der Waals surface area (Å²) in [5, 5.41) is 14.8. The van der Waals surface area contributed by atoms with Gasteiger partial charge in [-0.1, -0.05) is 29.8 Å². The van der Waals surface area contributed by atoms with Crippen molar-refractivity contribution >= 4 is 45.1 Å². The molecule has 0 aliphatic carbocycles. The van der Waals surface area contributed by atoms with Crippen molar-refractivity contribution in [3.05, 3.63) is 73.4 Å². The average Bonchev–Trinajstić information content (AvgIpc) is 2.63. The fourth-order valence-corrected chi connectivity index (χ4v) is 3.69. The number of rotatable bonds is 5. The van der Waals surface area contributed by atoms with Crippen LogP contribution in [0.15, 0.2) is 42.5 Å². The molecular weight excluding hydrogens is 504 g/mol. The number of fused-ring (bicyclic) bond motifs is 1. The van der Waals surface area contributed by atoms with Gasteiger partial charge in [0, 0.05) is 27.1 Å². The molecule has 2 aromatic carbocycles. The number of benzene rings is 2. The highest BCUT2D eigenvalue weighted by Crippen LogP contribution is 2.34. The van der Waals surface area contributed by atoms with Crippen molar-refractivity contribution in [3.63, 3.8) is 0 Å². The summed E-state index contributed by atoms with van der Waals surface area (Å²) in [6.45, 7) is 2.22. The third-order valence-electron chi connectivity index (χ3n) is 4.38. The quantitative estimate of drug-likeness (QED) is 0.428. The Labute approximate surface area is 179 Å². The second kappa shape index (κ2) is 8.52. The molecule has 1 unspecified atom stereocenters. The van der Waals surface area contributed by atoms with Crippen LogP contribution in [0.2, 0.25) is 5.02 Å². The Morgan fingerprint density at radius 1 is 1.21 bits per heavy atom. The third kappa shape index (κ3) is 4.76. The van der Waals surface area contributed by atoms with Crippen LogP contribution in [0.4, 0.5) is 13.2 Å². The minimum Gasteiger partial charge on any atom is -0.387 e. The zero-order valence-corrected chi connectivity index (χ0v) is 17.7. The van der Waals surface area contributed by atoms with Crippen molar-refractivity contribution in [2.24, 2.45) is 0 Å². The average molecular weight is 521 g/mol. The molecule has 1 heterocycles. The topological polar surface area (TPSA) is 45.1 Å². The maximum atomic E-state index is 13.3.